The lowest BCUT2D eigenvalue weighted by Crippen LogP contribution is -2.41. The lowest BCUT2D eigenvalue weighted by Gasteiger charge is -2.32. The van der Waals surface area contributed by atoms with E-state index < -0.39 is 0 Å². The molecule has 1 atom stereocenters. The van der Waals surface area contributed by atoms with Gasteiger partial charge in [-0.1, -0.05) is 56.3 Å². The first-order valence-corrected chi connectivity index (χ1v) is 10.2. The Balaban J connectivity index is 2.02. The van der Waals surface area contributed by atoms with E-state index in [2.05, 4.69) is 23.9 Å². The molecule has 1 saturated heterocycles. The maximum Gasteiger partial charge on any atom is 0.233 e. The molecule has 0 radical (unpaired) electrons. The van der Waals surface area contributed by atoms with Gasteiger partial charge in [0.2, 0.25) is 11.8 Å². The molecule has 1 aromatic carbocycles. The molecular weight excluding hydrogens is 354 g/mol. The predicted octanol–water partition coefficient (Wildman–Crippen LogP) is 3.96. The minimum absolute atomic E-state index is 0.0547. The molecule has 2 heterocycles. The van der Waals surface area contributed by atoms with E-state index >= 15 is 0 Å². The van der Waals surface area contributed by atoms with E-state index in [1.165, 1.54) is 0 Å². The smallest absolute Gasteiger partial charge is 0.233 e. The third-order valence-corrected chi connectivity index (χ3v) is 5.34. The van der Waals surface area contributed by atoms with Gasteiger partial charge >= 0.3 is 0 Å². The Morgan fingerprint density at radius 1 is 1.18 bits per heavy atom. The lowest BCUT2D eigenvalue weighted by atomic mass is 10.0. The summed E-state index contributed by atoms with van der Waals surface area (Å²) < 4.78 is 11.3. The zero-order chi connectivity index (χ0) is 20.1. The van der Waals surface area contributed by atoms with Crippen LogP contribution in [0.2, 0.25) is 0 Å². The van der Waals surface area contributed by atoms with E-state index in [9.17, 15) is 4.79 Å². The number of hydrogen-bond donors (Lipinski definition) is 0. The molecule has 6 heteroatoms. The molecule has 0 bridgehead atoms. The highest BCUT2D eigenvalue weighted by atomic mass is 16.5. The van der Waals surface area contributed by atoms with Crippen molar-refractivity contribution in [1.29, 1.82) is 0 Å². The van der Waals surface area contributed by atoms with Crippen molar-refractivity contribution in [3.8, 4) is 11.3 Å². The van der Waals surface area contributed by atoms with Crippen molar-refractivity contribution >= 4 is 11.8 Å². The average Bonchev–Trinajstić information content (AvgIpc) is 3.15. The van der Waals surface area contributed by atoms with Gasteiger partial charge < -0.3 is 19.1 Å². The molecule has 1 aliphatic rings. The number of morpholine rings is 1. The number of carbonyl (C=O) groups excluding carboxylic acids is 1. The zero-order valence-electron chi connectivity index (χ0n) is 17.4. The molecule has 0 unspecified atom stereocenters. The number of benzene rings is 1. The monoisotopic (exact) mass is 385 g/mol. The van der Waals surface area contributed by atoms with Crippen LogP contribution < -0.4 is 4.90 Å². The molecular formula is C22H31N3O3. The van der Waals surface area contributed by atoms with Crippen LogP contribution in [0.3, 0.4) is 0 Å². The second-order valence-electron chi connectivity index (χ2n) is 7.66. The summed E-state index contributed by atoms with van der Waals surface area (Å²) in [5, 5.41) is 4.41. The third kappa shape index (κ3) is 4.38. The number of nitrogens with zero attached hydrogens (tertiary/aromatic N) is 3. The maximum atomic E-state index is 12.9. The molecule has 0 spiro atoms. The molecule has 1 amide bonds. The van der Waals surface area contributed by atoms with Crippen molar-refractivity contribution in [2.24, 2.45) is 5.92 Å². The Morgan fingerprint density at radius 2 is 1.86 bits per heavy atom. The largest absolute Gasteiger partial charge is 0.378 e. The van der Waals surface area contributed by atoms with E-state index in [4.69, 9.17) is 9.26 Å². The molecule has 0 saturated carbocycles. The van der Waals surface area contributed by atoms with Crippen molar-refractivity contribution in [2.45, 2.75) is 46.7 Å². The fraction of sp³-hybridized carbons (Fsp3) is 0.545. The number of anilines is 1. The fourth-order valence-corrected chi connectivity index (χ4v) is 3.45. The van der Waals surface area contributed by atoms with Gasteiger partial charge in [-0.2, -0.15) is 0 Å². The Hall–Kier alpha value is -2.34. The molecule has 0 aliphatic carbocycles. The van der Waals surface area contributed by atoms with Gasteiger partial charge in [0.15, 0.2) is 0 Å². The zero-order valence-corrected chi connectivity index (χ0v) is 17.4. The molecule has 2 aromatic rings. The summed E-state index contributed by atoms with van der Waals surface area (Å²) in [6, 6.07) is 10.2. The number of amides is 1. The van der Waals surface area contributed by atoms with Gasteiger partial charge in [0.1, 0.15) is 5.69 Å². The van der Waals surface area contributed by atoms with Gasteiger partial charge in [-0.25, -0.2) is 0 Å². The Bertz CT molecular complexity index is 767. The summed E-state index contributed by atoms with van der Waals surface area (Å²) in [4.78, 5) is 17.1. The number of rotatable bonds is 7. The maximum absolute atomic E-state index is 12.9. The summed E-state index contributed by atoms with van der Waals surface area (Å²) in [6.45, 7) is 11.5. The first-order valence-electron chi connectivity index (χ1n) is 10.2. The van der Waals surface area contributed by atoms with Crippen LogP contribution in [-0.2, 0) is 16.1 Å². The van der Waals surface area contributed by atoms with Crippen LogP contribution in [0.5, 0.6) is 0 Å². The summed E-state index contributed by atoms with van der Waals surface area (Å²) in [7, 11) is 0. The quantitative estimate of drug-likeness (QED) is 0.722. The van der Waals surface area contributed by atoms with Crippen LogP contribution in [0.25, 0.3) is 11.3 Å². The van der Waals surface area contributed by atoms with Crippen LogP contribution in [0.15, 0.2) is 34.9 Å². The van der Waals surface area contributed by atoms with Crippen LogP contribution >= 0.6 is 0 Å². The number of carbonyl (C=O) groups is 1. The molecule has 1 aromatic heterocycles. The normalized spacial score (nSPS) is 15.7. The molecule has 1 fully saturated rings. The first kappa shape index (κ1) is 20.4. The lowest BCUT2D eigenvalue weighted by molar-refractivity contribution is -0.137. The van der Waals surface area contributed by atoms with Crippen molar-refractivity contribution in [3.05, 3.63) is 35.9 Å². The van der Waals surface area contributed by atoms with Crippen LogP contribution in [-0.4, -0.2) is 48.3 Å². The van der Waals surface area contributed by atoms with E-state index in [1.807, 2.05) is 49.1 Å². The van der Waals surface area contributed by atoms with E-state index in [0.717, 1.165) is 42.2 Å². The van der Waals surface area contributed by atoms with E-state index in [-0.39, 0.29) is 17.9 Å². The fourth-order valence-electron chi connectivity index (χ4n) is 3.45. The number of aromatic nitrogens is 1. The Labute approximate surface area is 167 Å². The second-order valence-corrected chi connectivity index (χ2v) is 7.66. The topological polar surface area (TPSA) is 58.8 Å². The van der Waals surface area contributed by atoms with Gasteiger partial charge in [-0.3, -0.25) is 4.79 Å². The second kappa shape index (κ2) is 9.24. The van der Waals surface area contributed by atoms with Crippen molar-refractivity contribution in [3.63, 3.8) is 0 Å². The van der Waals surface area contributed by atoms with Crippen LogP contribution in [0.1, 0.15) is 39.7 Å². The molecule has 3 rings (SSSR count). The summed E-state index contributed by atoms with van der Waals surface area (Å²) >= 11 is 0. The van der Waals surface area contributed by atoms with Crippen molar-refractivity contribution in [2.75, 3.05) is 31.2 Å². The number of ether oxygens (including phenoxy) is 1. The van der Waals surface area contributed by atoms with E-state index in [0.29, 0.717) is 19.8 Å². The van der Waals surface area contributed by atoms with Crippen molar-refractivity contribution < 1.29 is 14.1 Å². The summed E-state index contributed by atoms with van der Waals surface area (Å²) in [5.74, 6) is 0.857. The standard InChI is InChI=1S/C22H31N3O3/c1-5-17(4)25(21(26)16(2)3)15-19-20(18-9-7-6-8-10-18)23-28-22(19)24-11-13-27-14-12-24/h6-10,16-17H,5,11-15H2,1-4H3/t17-/m1/s1. The number of hydrogen-bond acceptors (Lipinski definition) is 5. The highest BCUT2D eigenvalue weighted by molar-refractivity contribution is 5.79. The minimum atomic E-state index is -0.0547. The van der Waals surface area contributed by atoms with Crippen LogP contribution in [0.4, 0.5) is 5.88 Å². The highest BCUT2D eigenvalue weighted by Gasteiger charge is 2.29. The van der Waals surface area contributed by atoms with Gasteiger partial charge in [-0.05, 0) is 13.3 Å². The summed E-state index contributed by atoms with van der Waals surface area (Å²) in [5.41, 5.74) is 2.79. The first-order chi connectivity index (χ1) is 13.5. The van der Waals surface area contributed by atoms with Gasteiger partial charge in [0.25, 0.3) is 0 Å². The van der Waals surface area contributed by atoms with Gasteiger partial charge in [0.05, 0.1) is 25.3 Å². The molecule has 152 valence electrons. The SMILES string of the molecule is CC[C@@H](C)N(Cc1c(-c2ccccc2)noc1N1CCOCC1)C(=O)C(C)C. The minimum Gasteiger partial charge on any atom is -0.378 e. The van der Waals surface area contributed by atoms with Gasteiger partial charge in [-0.15, -0.1) is 0 Å². The molecule has 6 nitrogen and oxygen atoms in total. The molecule has 1 aliphatic heterocycles. The van der Waals surface area contributed by atoms with Crippen LogP contribution in [0, 0.1) is 5.92 Å². The van der Waals surface area contributed by atoms with Gasteiger partial charge in [0, 0.05) is 30.6 Å². The molecule has 0 N–H and O–H groups in total. The summed E-state index contributed by atoms with van der Waals surface area (Å²) in [6.07, 6.45) is 0.900. The third-order valence-electron chi connectivity index (χ3n) is 5.34. The predicted molar refractivity (Wildman–Crippen MR) is 110 cm³/mol. The van der Waals surface area contributed by atoms with E-state index in [1.54, 1.807) is 0 Å². The molecule has 28 heavy (non-hydrogen) atoms. The average molecular weight is 386 g/mol. The van der Waals surface area contributed by atoms with Crippen molar-refractivity contribution in [1.82, 2.24) is 10.1 Å². The Kier molecular flexibility index (Phi) is 6.73. The Morgan fingerprint density at radius 3 is 2.46 bits per heavy atom. The highest BCUT2D eigenvalue weighted by Crippen LogP contribution is 2.33.